The van der Waals surface area contributed by atoms with Gasteiger partial charge in [0.1, 0.15) is 13.2 Å². The molecule has 6 N–H and O–H groups in total. The summed E-state index contributed by atoms with van der Waals surface area (Å²) in [6.07, 6.45) is 0.0255. The highest BCUT2D eigenvalue weighted by molar-refractivity contribution is 5.45. The maximum atomic E-state index is 5.85. The third-order valence-corrected chi connectivity index (χ3v) is 3.17. The van der Waals surface area contributed by atoms with Crippen LogP contribution in [0.15, 0.2) is 18.2 Å². The smallest absolute Gasteiger partial charge is 0.161 e. The first kappa shape index (κ1) is 11.7. The van der Waals surface area contributed by atoms with E-state index in [0.717, 1.165) is 17.1 Å². The Kier molecular flexibility index (Phi) is 3.31. The minimum atomic E-state index is 0.0255. The Morgan fingerprint density at radius 1 is 1.17 bits per heavy atom. The molecule has 98 valence electrons. The summed E-state index contributed by atoms with van der Waals surface area (Å²) in [5, 5.41) is 0. The number of benzene rings is 1. The lowest BCUT2D eigenvalue weighted by Crippen LogP contribution is -2.42. The molecule has 0 saturated carbocycles. The van der Waals surface area contributed by atoms with Crippen LogP contribution in [0.4, 0.5) is 0 Å². The standard InChI is InChI=1S/C11H17N5O2/c12-6-8(11-13-15-16-14-11)7-1-2-9-10(5-7)18-4-3-17-9/h1-2,5,8,11,13-16H,3-4,6,12H2. The number of fused-ring (bicyclic) bond motifs is 1. The summed E-state index contributed by atoms with van der Waals surface area (Å²) in [5.41, 5.74) is 18.7. The zero-order chi connectivity index (χ0) is 12.4. The second-order valence-corrected chi connectivity index (χ2v) is 4.26. The Hall–Kier alpha value is -1.38. The predicted molar refractivity (Wildman–Crippen MR) is 65.6 cm³/mol. The number of nitrogens with two attached hydrogens (primary N) is 1. The molecule has 2 aliphatic rings. The number of ether oxygens (including phenoxy) is 2. The van der Waals surface area contributed by atoms with Gasteiger partial charge in [-0.25, -0.2) is 10.9 Å². The van der Waals surface area contributed by atoms with Crippen LogP contribution in [0, 0.1) is 0 Å². The molecule has 7 heteroatoms. The van der Waals surface area contributed by atoms with E-state index in [2.05, 4.69) is 21.9 Å². The maximum absolute atomic E-state index is 5.85. The Morgan fingerprint density at radius 3 is 2.61 bits per heavy atom. The lowest BCUT2D eigenvalue weighted by Gasteiger charge is -2.24. The van der Waals surface area contributed by atoms with E-state index in [0.29, 0.717) is 19.8 Å². The molecule has 1 aromatic carbocycles. The molecule has 0 spiro atoms. The lowest BCUT2D eigenvalue weighted by atomic mass is 9.96. The number of hydrogen-bond donors (Lipinski definition) is 5. The molecule has 1 atom stereocenters. The molecule has 1 saturated heterocycles. The van der Waals surface area contributed by atoms with E-state index in [9.17, 15) is 0 Å². The number of nitrogens with one attached hydrogen (secondary N) is 4. The molecule has 1 aromatic rings. The van der Waals surface area contributed by atoms with Gasteiger partial charge in [-0.1, -0.05) is 6.07 Å². The van der Waals surface area contributed by atoms with Gasteiger partial charge in [0.25, 0.3) is 0 Å². The summed E-state index contributed by atoms with van der Waals surface area (Å²) in [6, 6.07) is 5.95. The first-order valence-electron chi connectivity index (χ1n) is 5.99. The van der Waals surface area contributed by atoms with Crippen LogP contribution < -0.4 is 37.1 Å². The molecular formula is C11H17N5O2. The van der Waals surface area contributed by atoms with E-state index in [1.165, 1.54) is 0 Å². The van der Waals surface area contributed by atoms with Gasteiger partial charge in [-0.05, 0) is 17.7 Å². The Morgan fingerprint density at radius 2 is 1.89 bits per heavy atom. The van der Waals surface area contributed by atoms with Gasteiger partial charge in [-0.3, -0.25) is 0 Å². The van der Waals surface area contributed by atoms with Gasteiger partial charge in [-0.2, -0.15) is 11.1 Å². The first-order chi connectivity index (χ1) is 8.88. The highest BCUT2D eigenvalue weighted by Crippen LogP contribution is 2.33. The molecular weight excluding hydrogens is 234 g/mol. The van der Waals surface area contributed by atoms with Gasteiger partial charge in [0.2, 0.25) is 0 Å². The van der Waals surface area contributed by atoms with Crippen molar-refractivity contribution in [2.75, 3.05) is 19.8 Å². The molecule has 0 aromatic heterocycles. The van der Waals surface area contributed by atoms with Crippen LogP contribution in [0.25, 0.3) is 0 Å². The SMILES string of the molecule is NCC(c1ccc2c(c1)OCCO2)C1NNNN1. The summed E-state index contributed by atoms with van der Waals surface area (Å²) in [4.78, 5) is 0. The molecule has 0 radical (unpaired) electrons. The van der Waals surface area contributed by atoms with Crippen molar-refractivity contribution in [2.45, 2.75) is 12.1 Å². The number of rotatable bonds is 3. The Bertz CT molecular complexity index is 422. The van der Waals surface area contributed by atoms with E-state index < -0.39 is 0 Å². The molecule has 1 fully saturated rings. The van der Waals surface area contributed by atoms with Crippen LogP contribution >= 0.6 is 0 Å². The Balaban J connectivity index is 1.85. The fourth-order valence-electron chi connectivity index (χ4n) is 2.22. The van der Waals surface area contributed by atoms with Crippen LogP contribution in [0.5, 0.6) is 11.5 Å². The van der Waals surface area contributed by atoms with Crippen molar-refractivity contribution < 1.29 is 9.47 Å². The molecule has 1 unspecified atom stereocenters. The number of hydrazine groups is 3. The first-order valence-corrected chi connectivity index (χ1v) is 5.99. The second-order valence-electron chi connectivity index (χ2n) is 4.26. The van der Waals surface area contributed by atoms with E-state index in [4.69, 9.17) is 15.2 Å². The predicted octanol–water partition coefficient (Wildman–Crippen LogP) is -1.06. The highest BCUT2D eigenvalue weighted by atomic mass is 16.6. The molecule has 2 heterocycles. The highest BCUT2D eigenvalue weighted by Gasteiger charge is 2.26. The molecule has 0 aliphatic carbocycles. The van der Waals surface area contributed by atoms with Gasteiger partial charge in [0.15, 0.2) is 11.5 Å². The van der Waals surface area contributed by atoms with Crippen molar-refractivity contribution in [3.63, 3.8) is 0 Å². The summed E-state index contributed by atoms with van der Waals surface area (Å²) in [5.74, 6) is 1.71. The normalized spacial score (nSPS) is 20.9. The maximum Gasteiger partial charge on any atom is 0.161 e. The minimum Gasteiger partial charge on any atom is -0.486 e. The Labute approximate surface area is 105 Å². The van der Waals surface area contributed by atoms with Gasteiger partial charge in [0.05, 0.1) is 6.17 Å². The second kappa shape index (κ2) is 5.09. The van der Waals surface area contributed by atoms with Crippen molar-refractivity contribution >= 4 is 0 Å². The van der Waals surface area contributed by atoms with Crippen molar-refractivity contribution in [3.8, 4) is 11.5 Å². The van der Waals surface area contributed by atoms with E-state index >= 15 is 0 Å². The minimum absolute atomic E-state index is 0.0255. The van der Waals surface area contributed by atoms with Gasteiger partial charge >= 0.3 is 0 Å². The topological polar surface area (TPSA) is 92.6 Å². The molecule has 2 aliphatic heterocycles. The van der Waals surface area contributed by atoms with Crippen LogP contribution in [0.1, 0.15) is 11.5 Å². The van der Waals surface area contributed by atoms with Crippen LogP contribution in [0.3, 0.4) is 0 Å². The molecule has 3 rings (SSSR count). The van der Waals surface area contributed by atoms with Crippen LogP contribution in [-0.2, 0) is 0 Å². The monoisotopic (exact) mass is 251 g/mol. The van der Waals surface area contributed by atoms with Crippen molar-refractivity contribution in [1.82, 2.24) is 21.9 Å². The third kappa shape index (κ3) is 2.14. The van der Waals surface area contributed by atoms with Crippen LogP contribution in [-0.4, -0.2) is 25.9 Å². The number of hydrogen-bond acceptors (Lipinski definition) is 7. The molecule has 7 nitrogen and oxygen atoms in total. The quantitative estimate of drug-likeness (QED) is 0.468. The summed E-state index contributed by atoms with van der Waals surface area (Å²) in [6.45, 7) is 1.71. The third-order valence-electron chi connectivity index (χ3n) is 3.17. The van der Waals surface area contributed by atoms with Gasteiger partial charge in [-0.15, -0.1) is 0 Å². The van der Waals surface area contributed by atoms with E-state index in [-0.39, 0.29) is 12.1 Å². The van der Waals surface area contributed by atoms with Gasteiger partial charge in [0, 0.05) is 12.5 Å². The summed E-state index contributed by atoms with van der Waals surface area (Å²) >= 11 is 0. The average molecular weight is 251 g/mol. The molecule has 18 heavy (non-hydrogen) atoms. The van der Waals surface area contributed by atoms with E-state index in [1.54, 1.807) is 0 Å². The van der Waals surface area contributed by atoms with Crippen LogP contribution in [0.2, 0.25) is 0 Å². The van der Waals surface area contributed by atoms with Crippen molar-refractivity contribution in [3.05, 3.63) is 23.8 Å². The van der Waals surface area contributed by atoms with Gasteiger partial charge < -0.3 is 15.2 Å². The summed E-state index contributed by atoms with van der Waals surface area (Å²) in [7, 11) is 0. The lowest BCUT2D eigenvalue weighted by molar-refractivity contribution is 0.171. The zero-order valence-electron chi connectivity index (χ0n) is 9.90. The largest absolute Gasteiger partial charge is 0.486 e. The van der Waals surface area contributed by atoms with Crippen molar-refractivity contribution in [1.29, 1.82) is 0 Å². The zero-order valence-corrected chi connectivity index (χ0v) is 9.90. The summed E-state index contributed by atoms with van der Waals surface area (Å²) < 4.78 is 11.1. The molecule has 0 bridgehead atoms. The molecule has 0 amide bonds. The van der Waals surface area contributed by atoms with Crippen molar-refractivity contribution in [2.24, 2.45) is 5.73 Å². The van der Waals surface area contributed by atoms with E-state index in [1.807, 2.05) is 18.2 Å². The fraction of sp³-hybridized carbons (Fsp3) is 0.455. The average Bonchev–Trinajstić information content (AvgIpc) is 2.93. The fourth-order valence-corrected chi connectivity index (χ4v) is 2.22.